The van der Waals surface area contributed by atoms with Gasteiger partial charge in [-0.3, -0.25) is 4.40 Å². The maximum absolute atomic E-state index is 12.4. The van der Waals surface area contributed by atoms with Gasteiger partial charge in [-0.25, -0.2) is 9.78 Å². The lowest BCUT2D eigenvalue weighted by Gasteiger charge is -2.22. The summed E-state index contributed by atoms with van der Waals surface area (Å²) in [7, 11) is 0. The van der Waals surface area contributed by atoms with Crippen LogP contribution in [0.1, 0.15) is 43.7 Å². The molecule has 3 heterocycles. The largest absolute Gasteiger partial charge is 0.329 e. The Hall–Kier alpha value is -2.48. The fourth-order valence-corrected chi connectivity index (χ4v) is 3.14. The number of hydrogen-bond acceptors (Lipinski definition) is 5. The molecule has 2 N–H and O–H groups in total. The third kappa shape index (κ3) is 3.38. The molecule has 0 spiro atoms. The van der Waals surface area contributed by atoms with E-state index in [1.54, 1.807) is 6.20 Å². The van der Waals surface area contributed by atoms with Crippen LogP contribution < -0.4 is 10.6 Å². The monoisotopic (exact) mass is 344 g/mol. The zero-order valence-electron chi connectivity index (χ0n) is 13.8. The number of pyridine rings is 1. The lowest BCUT2D eigenvalue weighted by molar-refractivity contribution is 0.229. The zero-order valence-corrected chi connectivity index (χ0v) is 14.6. The van der Waals surface area contributed by atoms with Gasteiger partial charge < -0.3 is 10.6 Å². The van der Waals surface area contributed by atoms with Crippen LogP contribution in [0.5, 0.6) is 0 Å². The first kappa shape index (κ1) is 16.4. The van der Waals surface area contributed by atoms with Crippen LogP contribution >= 0.6 is 11.3 Å². The van der Waals surface area contributed by atoms with Gasteiger partial charge >= 0.3 is 6.03 Å². The normalized spacial score (nSPS) is 13.8. The Kier molecular flexibility index (Phi) is 4.75. The molecule has 2 amide bonds. The summed E-state index contributed by atoms with van der Waals surface area (Å²) in [5.74, 6) is 0.885. The van der Waals surface area contributed by atoms with Crippen LogP contribution in [0, 0.1) is 5.92 Å². The summed E-state index contributed by atoms with van der Waals surface area (Å²) in [6, 6.07) is 5.08. The van der Waals surface area contributed by atoms with Gasteiger partial charge in [0.05, 0.1) is 12.1 Å². The highest BCUT2D eigenvalue weighted by molar-refractivity contribution is 7.09. The predicted octanol–water partition coefficient (Wildman–Crippen LogP) is 2.94. The van der Waals surface area contributed by atoms with Crippen LogP contribution in [0.15, 0.2) is 36.0 Å². The Morgan fingerprint density at radius 2 is 2.04 bits per heavy atom. The molecule has 0 aliphatic rings. The molecule has 24 heavy (non-hydrogen) atoms. The molecule has 126 valence electrons. The first-order valence-electron chi connectivity index (χ1n) is 7.82. The fraction of sp³-hybridized carbons (Fsp3) is 0.375. The summed E-state index contributed by atoms with van der Waals surface area (Å²) in [5.41, 5.74) is 0.761. The number of fused-ring (bicyclic) bond motifs is 1. The van der Waals surface area contributed by atoms with Crippen molar-refractivity contribution in [3.8, 4) is 0 Å². The molecule has 2 atom stereocenters. The van der Waals surface area contributed by atoms with E-state index in [4.69, 9.17) is 0 Å². The van der Waals surface area contributed by atoms with Crippen molar-refractivity contribution >= 4 is 23.0 Å². The van der Waals surface area contributed by atoms with Gasteiger partial charge in [-0.2, -0.15) is 0 Å². The predicted molar refractivity (Wildman–Crippen MR) is 92.8 cm³/mol. The van der Waals surface area contributed by atoms with E-state index in [1.807, 2.05) is 54.9 Å². The fourth-order valence-electron chi connectivity index (χ4n) is 2.49. The molecule has 3 aromatic rings. The highest BCUT2D eigenvalue weighted by Crippen LogP contribution is 2.21. The summed E-state index contributed by atoms with van der Waals surface area (Å²) in [6.07, 6.45) is 3.63. The Balaban J connectivity index is 1.76. The number of thiazole rings is 1. The number of nitrogens with zero attached hydrogens (tertiary/aromatic N) is 4. The number of urea groups is 1. The number of hydrogen-bond donors (Lipinski definition) is 2. The van der Waals surface area contributed by atoms with E-state index < -0.39 is 0 Å². The molecule has 0 saturated carbocycles. The number of carbonyl (C=O) groups excluding carboxylic acids is 1. The van der Waals surface area contributed by atoms with Gasteiger partial charge in [0.15, 0.2) is 11.5 Å². The van der Waals surface area contributed by atoms with Crippen molar-refractivity contribution in [3.05, 3.63) is 46.8 Å². The second-order valence-corrected chi connectivity index (χ2v) is 6.84. The highest BCUT2D eigenvalue weighted by Gasteiger charge is 2.24. The number of rotatable bonds is 5. The summed E-state index contributed by atoms with van der Waals surface area (Å²) in [4.78, 5) is 16.6. The molecular formula is C16H20N6OS. The van der Waals surface area contributed by atoms with E-state index in [0.717, 1.165) is 16.5 Å². The molecule has 8 heteroatoms. The van der Waals surface area contributed by atoms with Crippen LogP contribution in [0.4, 0.5) is 4.79 Å². The molecule has 0 aliphatic heterocycles. The Labute approximate surface area is 144 Å². The highest BCUT2D eigenvalue weighted by atomic mass is 32.1. The molecule has 0 fully saturated rings. The minimum absolute atomic E-state index is 0.145. The third-order valence-corrected chi connectivity index (χ3v) is 4.70. The van der Waals surface area contributed by atoms with Crippen molar-refractivity contribution in [3.63, 3.8) is 0 Å². The second kappa shape index (κ2) is 6.96. The van der Waals surface area contributed by atoms with Gasteiger partial charge in [0.1, 0.15) is 5.01 Å². The average Bonchev–Trinajstić information content (AvgIpc) is 3.22. The van der Waals surface area contributed by atoms with Crippen LogP contribution in [0.25, 0.3) is 5.65 Å². The lowest BCUT2D eigenvalue weighted by Crippen LogP contribution is -2.41. The first-order valence-corrected chi connectivity index (χ1v) is 8.70. The summed E-state index contributed by atoms with van der Waals surface area (Å²) < 4.78 is 1.90. The number of amides is 2. The second-order valence-electron chi connectivity index (χ2n) is 5.92. The minimum Gasteiger partial charge on any atom is -0.329 e. The van der Waals surface area contributed by atoms with Crippen molar-refractivity contribution in [2.75, 3.05) is 0 Å². The van der Waals surface area contributed by atoms with Gasteiger partial charge in [-0.05, 0) is 25.0 Å². The van der Waals surface area contributed by atoms with E-state index in [1.165, 1.54) is 11.3 Å². The average molecular weight is 344 g/mol. The lowest BCUT2D eigenvalue weighted by atomic mass is 10.0. The van der Waals surface area contributed by atoms with Crippen LogP contribution in [-0.2, 0) is 0 Å². The molecule has 0 radical (unpaired) electrons. The third-order valence-electron chi connectivity index (χ3n) is 3.74. The zero-order chi connectivity index (χ0) is 17.1. The molecule has 7 nitrogen and oxygen atoms in total. The molecule has 0 unspecified atom stereocenters. The molecule has 3 aromatic heterocycles. The van der Waals surface area contributed by atoms with Gasteiger partial charge in [-0.15, -0.1) is 21.5 Å². The Morgan fingerprint density at radius 1 is 1.21 bits per heavy atom. The van der Waals surface area contributed by atoms with Gasteiger partial charge in [0.2, 0.25) is 0 Å². The number of nitrogens with one attached hydrogen (secondary N) is 2. The van der Waals surface area contributed by atoms with Crippen molar-refractivity contribution in [2.45, 2.75) is 32.9 Å². The standard InChI is InChI=1S/C16H20N6OS/c1-10(2)13(14-21-20-12-6-4-5-8-22(12)14)19-16(23)18-11(3)15-17-7-9-24-15/h4-11,13H,1-3H3,(H2,18,19,23)/t11-,13-/m1/s1. The molecule has 0 saturated heterocycles. The van der Waals surface area contributed by atoms with Crippen molar-refractivity contribution in [1.29, 1.82) is 0 Å². The topological polar surface area (TPSA) is 84.2 Å². The van der Waals surface area contributed by atoms with Crippen LogP contribution in [-0.4, -0.2) is 25.6 Å². The van der Waals surface area contributed by atoms with E-state index in [9.17, 15) is 4.79 Å². The smallest absolute Gasteiger partial charge is 0.315 e. The van der Waals surface area contributed by atoms with Crippen molar-refractivity contribution in [2.24, 2.45) is 5.92 Å². The number of aromatic nitrogens is 4. The molecular weight excluding hydrogens is 324 g/mol. The van der Waals surface area contributed by atoms with E-state index >= 15 is 0 Å². The van der Waals surface area contributed by atoms with E-state index in [0.29, 0.717) is 0 Å². The van der Waals surface area contributed by atoms with E-state index in [2.05, 4.69) is 25.8 Å². The van der Waals surface area contributed by atoms with Crippen molar-refractivity contribution < 1.29 is 4.79 Å². The quantitative estimate of drug-likeness (QED) is 0.745. The molecule has 3 rings (SSSR count). The maximum Gasteiger partial charge on any atom is 0.315 e. The molecule has 0 bridgehead atoms. The van der Waals surface area contributed by atoms with Gasteiger partial charge in [-0.1, -0.05) is 19.9 Å². The van der Waals surface area contributed by atoms with Gasteiger partial charge in [0.25, 0.3) is 0 Å². The SMILES string of the molecule is CC(C)[C@@H](NC(=O)N[C@H](C)c1nccs1)c1nnc2ccccn12. The summed E-state index contributed by atoms with van der Waals surface area (Å²) in [6.45, 7) is 5.99. The summed E-state index contributed by atoms with van der Waals surface area (Å²) >= 11 is 1.52. The van der Waals surface area contributed by atoms with Gasteiger partial charge in [0, 0.05) is 17.8 Å². The minimum atomic E-state index is -0.246. The first-order chi connectivity index (χ1) is 11.6. The Morgan fingerprint density at radius 3 is 2.75 bits per heavy atom. The maximum atomic E-state index is 12.4. The summed E-state index contributed by atoms with van der Waals surface area (Å²) in [5, 5.41) is 17.1. The van der Waals surface area contributed by atoms with Crippen LogP contribution in [0.3, 0.4) is 0 Å². The van der Waals surface area contributed by atoms with Crippen LogP contribution in [0.2, 0.25) is 0 Å². The van der Waals surface area contributed by atoms with Crippen molar-refractivity contribution in [1.82, 2.24) is 30.2 Å². The molecule has 0 aliphatic carbocycles. The molecule has 0 aromatic carbocycles. The van der Waals surface area contributed by atoms with E-state index in [-0.39, 0.29) is 24.0 Å². The number of carbonyl (C=O) groups is 1. The Bertz CT molecular complexity index is 813.